The molecule has 0 radical (unpaired) electrons. The van der Waals surface area contributed by atoms with Gasteiger partial charge in [0.25, 0.3) is 5.91 Å². The van der Waals surface area contributed by atoms with Gasteiger partial charge in [-0.2, -0.15) is 0 Å². The summed E-state index contributed by atoms with van der Waals surface area (Å²) in [6, 6.07) is 9.27. The van der Waals surface area contributed by atoms with Crippen molar-refractivity contribution in [2.24, 2.45) is 0 Å². The Balaban J connectivity index is 1.79. The van der Waals surface area contributed by atoms with E-state index in [4.69, 9.17) is 4.74 Å². The highest BCUT2D eigenvalue weighted by Crippen LogP contribution is 2.36. The highest BCUT2D eigenvalue weighted by Gasteiger charge is 2.43. The number of ether oxygens (including phenoxy) is 1. The van der Waals surface area contributed by atoms with E-state index in [0.717, 1.165) is 12.1 Å². The lowest BCUT2D eigenvalue weighted by atomic mass is 9.96. The zero-order valence-corrected chi connectivity index (χ0v) is 14.6. The maximum Gasteiger partial charge on any atom is 0.338 e. The van der Waals surface area contributed by atoms with Crippen LogP contribution in [0.2, 0.25) is 0 Å². The Morgan fingerprint density at radius 3 is 2.52 bits per heavy atom. The van der Waals surface area contributed by atoms with Crippen molar-refractivity contribution in [3.63, 3.8) is 0 Å². The van der Waals surface area contributed by atoms with Crippen LogP contribution in [0.4, 0.5) is 20.2 Å². The van der Waals surface area contributed by atoms with Gasteiger partial charge in [0.1, 0.15) is 5.54 Å². The lowest BCUT2D eigenvalue weighted by Crippen LogP contribution is -2.59. The van der Waals surface area contributed by atoms with Gasteiger partial charge in [0.05, 0.1) is 16.9 Å². The van der Waals surface area contributed by atoms with Crippen molar-refractivity contribution >= 4 is 29.2 Å². The molecule has 2 aromatic rings. The van der Waals surface area contributed by atoms with Gasteiger partial charge < -0.3 is 10.1 Å². The Morgan fingerprint density at radius 1 is 1.11 bits per heavy atom. The van der Waals surface area contributed by atoms with E-state index in [-0.39, 0.29) is 11.5 Å². The maximum absolute atomic E-state index is 13.2. The third-order valence-electron chi connectivity index (χ3n) is 4.24. The first-order valence-electron chi connectivity index (χ1n) is 8.07. The minimum Gasteiger partial charge on any atom is -0.452 e. The average Bonchev–Trinajstić information content (AvgIpc) is 2.62. The van der Waals surface area contributed by atoms with Gasteiger partial charge in [-0.15, -0.1) is 0 Å². The molecule has 0 aromatic heterocycles. The van der Waals surface area contributed by atoms with Crippen molar-refractivity contribution in [2.45, 2.75) is 19.4 Å². The van der Waals surface area contributed by atoms with Gasteiger partial charge in [0, 0.05) is 0 Å². The SMILES string of the molecule is CC1(C)C(=O)Nc2ccccc2N1C(=O)COC(=O)c1ccc(F)c(F)c1. The van der Waals surface area contributed by atoms with Crippen molar-refractivity contribution in [3.8, 4) is 0 Å². The molecule has 0 spiro atoms. The van der Waals surface area contributed by atoms with Gasteiger partial charge in [0.15, 0.2) is 18.2 Å². The maximum atomic E-state index is 13.2. The number of fused-ring (bicyclic) bond motifs is 1. The number of carbonyl (C=O) groups excluding carboxylic acids is 3. The summed E-state index contributed by atoms with van der Waals surface area (Å²) in [6.45, 7) is 2.46. The zero-order valence-electron chi connectivity index (χ0n) is 14.6. The molecule has 1 heterocycles. The molecule has 1 aliphatic rings. The highest BCUT2D eigenvalue weighted by molar-refractivity contribution is 6.14. The minimum atomic E-state index is -1.21. The molecule has 0 saturated carbocycles. The number of para-hydroxylation sites is 2. The van der Waals surface area contributed by atoms with Crippen LogP contribution in [-0.4, -0.2) is 29.9 Å². The summed E-state index contributed by atoms with van der Waals surface area (Å²) in [5.74, 6) is -4.28. The predicted molar refractivity (Wildman–Crippen MR) is 93.3 cm³/mol. The lowest BCUT2D eigenvalue weighted by molar-refractivity contribution is -0.128. The number of halogens is 2. The van der Waals surface area contributed by atoms with E-state index in [0.29, 0.717) is 17.4 Å². The number of anilines is 2. The fourth-order valence-corrected chi connectivity index (χ4v) is 2.80. The van der Waals surface area contributed by atoms with E-state index in [9.17, 15) is 23.2 Å². The quantitative estimate of drug-likeness (QED) is 0.839. The molecule has 0 atom stereocenters. The molecule has 8 heteroatoms. The lowest BCUT2D eigenvalue weighted by Gasteiger charge is -2.41. The predicted octanol–water partition coefficient (Wildman–Crippen LogP) is 2.89. The normalized spacial score (nSPS) is 15.0. The number of hydrogen-bond donors (Lipinski definition) is 1. The standard InChI is InChI=1S/C19H16F2N2O4/c1-19(2)18(26)22-14-5-3-4-6-15(14)23(19)16(24)10-27-17(25)11-7-8-12(20)13(21)9-11/h3-9H,10H2,1-2H3,(H,22,26). The van der Waals surface area contributed by atoms with Crippen molar-refractivity contribution < 1.29 is 27.9 Å². The van der Waals surface area contributed by atoms with Crippen LogP contribution in [0.5, 0.6) is 0 Å². The van der Waals surface area contributed by atoms with Crippen LogP contribution < -0.4 is 10.2 Å². The van der Waals surface area contributed by atoms with E-state index in [1.807, 2.05) is 0 Å². The first-order chi connectivity index (χ1) is 12.7. The number of nitrogens with zero attached hydrogens (tertiary/aromatic N) is 1. The number of nitrogens with one attached hydrogen (secondary N) is 1. The molecule has 0 aliphatic carbocycles. The summed E-state index contributed by atoms with van der Waals surface area (Å²) < 4.78 is 31.1. The van der Waals surface area contributed by atoms with E-state index in [1.54, 1.807) is 38.1 Å². The second-order valence-electron chi connectivity index (χ2n) is 6.46. The number of rotatable bonds is 3. The fraction of sp³-hybridized carbons (Fsp3) is 0.211. The second kappa shape index (κ2) is 6.79. The van der Waals surface area contributed by atoms with Crippen LogP contribution in [0.25, 0.3) is 0 Å². The van der Waals surface area contributed by atoms with Crippen LogP contribution >= 0.6 is 0 Å². The largest absolute Gasteiger partial charge is 0.452 e. The summed E-state index contributed by atoms with van der Waals surface area (Å²) in [7, 11) is 0. The van der Waals surface area contributed by atoms with Crippen molar-refractivity contribution in [2.75, 3.05) is 16.8 Å². The number of benzene rings is 2. The van der Waals surface area contributed by atoms with Gasteiger partial charge in [-0.1, -0.05) is 12.1 Å². The second-order valence-corrected chi connectivity index (χ2v) is 6.46. The molecule has 0 unspecified atom stereocenters. The molecule has 1 aliphatic heterocycles. The first-order valence-corrected chi connectivity index (χ1v) is 8.07. The molecule has 140 valence electrons. The Bertz CT molecular complexity index is 943. The average molecular weight is 374 g/mol. The van der Waals surface area contributed by atoms with Crippen molar-refractivity contribution in [3.05, 3.63) is 59.7 Å². The number of carbonyl (C=O) groups is 3. The number of hydrogen-bond acceptors (Lipinski definition) is 4. The van der Waals surface area contributed by atoms with Crippen LogP contribution in [0, 0.1) is 11.6 Å². The van der Waals surface area contributed by atoms with E-state index in [2.05, 4.69) is 5.32 Å². The highest BCUT2D eigenvalue weighted by atomic mass is 19.2. The minimum absolute atomic E-state index is 0.224. The smallest absolute Gasteiger partial charge is 0.338 e. The van der Waals surface area contributed by atoms with E-state index >= 15 is 0 Å². The zero-order chi connectivity index (χ0) is 19.8. The first kappa shape index (κ1) is 18.5. The molecule has 2 amide bonds. The molecule has 3 rings (SSSR count). The molecule has 1 N–H and O–H groups in total. The van der Waals surface area contributed by atoms with Crippen LogP contribution in [0.1, 0.15) is 24.2 Å². The topological polar surface area (TPSA) is 75.7 Å². The Morgan fingerprint density at radius 2 is 1.81 bits per heavy atom. The molecule has 27 heavy (non-hydrogen) atoms. The molecule has 0 saturated heterocycles. The number of esters is 1. The summed E-state index contributed by atoms with van der Waals surface area (Å²) in [5.41, 5.74) is -0.504. The van der Waals surface area contributed by atoms with Crippen LogP contribution in [0.15, 0.2) is 42.5 Å². The molecule has 0 fully saturated rings. The molecule has 2 aromatic carbocycles. The molecular weight excluding hydrogens is 358 g/mol. The van der Waals surface area contributed by atoms with Gasteiger partial charge in [-0.05, 0) is 44.2 Å². The summed E-state index contributed by atoms with van der Waals surface area (Å²) in [6.07, 6.45) is 0. The molecular formula is C19H16F2N2O4. The fourth-order valence-electron chi connectivity index (χ4n) is 2.80. The van der Waals surface area contributed by atoms with Gasteiger partial charge in [-0.25, -0.2) is 13.6 Å². The summed E-state index contributed by atoms with van der Waals surface area (Å²) in [5, 5.41) is 2.72. The van der Waals surface area contributed by atoms with E-state index in [1.165, 1.54) is 4.90 Å². The third-order valence-corrected chi connectivity index (χ3v) is 4.24. The third kappa shape index (κ3) is 3.38. The van der Waals surface area contributed by atoms with E-state index < -0.39 is 35.7 Å². The van der Waals surface area contributed by atoms with Crippen LogP contribution in [0.3, 0.4) is 0 Å². The van der Waals surface area contributed by atoms with Gasteiger partial charge in [-0.3, -0.25) is 14.5 Å². The van der Waals surface area contributed by atoms with Crippen LogP contribution in [-0.2, 0) is 14.3 Å². The van der Waals surface area contributed by atoms with Crippen molar-refractivity contribution in [1.29, 1.82) is 0 Å². The number of amides is 2. The summed E-state index contributed by atoms with van der Waals surface area (Å²) >= 11 is 0. The van der Waals surface area contributed by atoms with Gasteiger partial charge in [0.2, 0.25) is 5.91 Å². The Hall–Kier alpha value is -3.29. The molecule has 6 nitrogen and oxygen atoms in total. The monoisotopic (exact) mass is 374 g/mol. The Kier molecular flexibility index (Phi) is 4.65. The molecule has 0 bridgehead atoms. The van der Waals surface area contributed by atoms with Gasteiger partial charge >= 0.3 is 5.97 Å². The Labute approximate surface area is 153 Å². The summed E-state index contributed by atoms with van der Waals surface area (Å²) in [4.78, 5) is 38.3. The van der Waals surface area contributed by atoms with Crippen molar-refractivity contribution in [1.82, 2.24) is 0 Å².